The highest BCUT2D eigenvalue weighted by Crippen LogP contribution is 2.20. The van der Waals surface area contributed by atoms with E-state index in [0.29, 0.717) is 37.1 Å². The van der Waals surface area contributed by atoms with E-state index in [9.17, 15) is 4.79 Å². The van der Waals surface area contributed by atoms with Crippen LogP contribution in [0.4, 0.5) is 0 Å². The van der Waals surface area contributed by atoms with E-state index in [2.05, 4.69) is 20.8 Å². The lowest BCUT2D eigenvalue weighted by atomic mass is 9.96. The molecule has 2 N–H and O–H groups in total. The topological polar surface area (TPSA) is 89.3 Å². The van der Waals surface area contributed by atoms with Gasteiger partial charge in [-0.3, -0.25) is 4.79 Å². The number of piperidine rings is 1. The first-order valence-corrected chi connectivity index (χ1v) is 9.78. The van der Waals surface area contributed by atoms with Gasteiger partial charge in [0, 0.05) is 24.9 Å². The summed E-state index contributed by atoms with van der Waals surface area (Å²) in [7, 11) is 0. The van der Waals surface area contributed by atoms with E-state index in [1.54, 1.807) is 0 Å². The van der Waals surface area contributed by atoms with Crippen LogP contribution in [0, 0.1) is 5.92 Å². The quantitative estimate of drug-likeness (QED) is 0.663. The van der Waals surface area contributed by atoms with Gasteiger partial charge in [-0.25, -0.2) is 0 Å². The summed E-state index contributed by atoms with van der Waals surface area (Å²) < 4.78 is 10.7. The molecule has 154 valence electrons. The summed E-state index contributed by atoms with van der Waals surface area (Å²) in [5.74, 6) is 2.51. The van der Waals surface area contributed by atoms with Crippen LogP contribution in [-0.4, -0.2) is 42.3 Å². The second-order valence-electron chi connectivity index (χ2n) is 6.82. The molecule has 0 radical (unpaired) electrons. The zero-order valence-corrected chi connectivity index (χ0v) is 17.1. The van der Waals surface area contributed by atoms with Crippen molar-refractivity contribution in [1.82, 2.24) is 20.8 Å². The fourth-order valence-corrected chi connectivity index (χ4v) is 3.24. The number of carbonyl (C=O) groups is 1. The van der Waals surface area contributed by atoms with Crippen LogP contribution in [0.5, 0.6) is 5.75 Å². The van der Waals surface area contributed by atoms with E-state index in [-0.39, 0.29) is 18.3 Å². The zero-order chi connectivity index (χ0) is 18.9. The smallest absolute Gasteiger partial charge is 0.227 e. The molecule has 3 rings (SSSR count). The maximum Gasteiger partial charge on any atom is 0.227 e. The number of amides is 1. The second-order valence-corrected chi connectivity index (χ2v) is 6.82. The van der Waals surface area contributed by atoms with Gasteiger partial charge in [0.05, 0.1) is 6.61 Å². The molecule has 1 aromatic heterocycles. The number of hydrogen-bond acceptors (Lipinski definition) is 6. The second kappa shape index (κ2) is 11.7. The van der Waals surface area contributed by atoms with Crippen LogP contribution in [0.1, 0.15) is 38.5 Å². The molecule has 7 nitrogen and oxygen atoms in total. The minimum atomic E-state index is 0. The Balaban J connectivity index is 0.00000280. The lowest BCUT2D eigenvalue weighted by molar-refractivity contribution is -0.121. The molecule has 0 spiro atoms. The fourth-order valence-electron chi connectivity index (χ4n) is 3.24. The van der Waals surface area contributed by atoms with Crippen molar-refractivity contribution < 1.29 is 14.1 Å². The summed E-state index contributed by atoms with van der Waals surface area (Å²) >= 11 is 0. The van der Waals surface area contributed by atoms with Gasteiger partial charge in [0.25, 0.3) is 0 Å². The molecule has 1 aliphatic rings. The van der Waals surface area contributed by atoms with E-state index < -0.39 is 0 Å². The van der Waals surface area contributed by atoms with Crippen molar-refractivity contribution in [2.75, 3.05) is 26.2 Å². The number of hydrogen-bond donors (Lipinski definition) is 2. The van der Waals surface area contributed by atoms with E-state index in [1.807, 2.05) is 31.2 Å². The standard InChI is InChI=1S/C20H28N4O3.ClH/c1-2-26-17-7-5-16(6-8-17)20-23-19(27-24-20)10-9-18(25)22-13-11-15-4-3-12-21-14-15;/h5-8,15,21H,2-4,9-14H2,1H3,(H,22,25);1H. The Morgan fingerprint density at radius 1 is 1.36 bits per heavy atom. The summed E-state index contributed by atoms with van der Waals surface area (Å²) in [6, 6.07) is 7.55. The molecule has 1 atom stereocenters. The molecule has 0 bridgehead atoms. The number of rotatable bonds is 9. The van der Waals surface area contributed by atoms with Gasteiger partial charge >= 0.3 is 0 Å². The van der Waals surface area contributed by atoms with E-state index >= 15 is 0 Å². The maximum absolute atomic E-state index is 12.0. The van der Waals surface area contributed by atoms with Crippen molar-refractivity contribution in [3.8, 4) is 17.1 Å². The first-order valence-electron chi connectivity index (χ1n) is 9.78. The number of nitrogens with zero attached hydrogens (tertiary/aromatic N) is 2. The van der Waals surface area contributed by atoms with Crippen LogP contribution < -0.4 is 15.4 Å². The largest absolute Gasteiger partial charge is 0.494 e. The highest BCUT2D eigenvalue weighted by molar-refractivity contribution is 5.85. The van der Waals surface area contributed by atoms with Crippen LogP contribution in [0.15, 0.2) is 28.8 Å². The zero-order valence-electron chi connectivity index (χ0n) is 16.3. The van der Waals surface area contributed by atoms with Gasteiger partial charge in [-0.15, -0.1) is 12.4 Å². The number of benzene rings is 1. The summed E-state index contributed by atoms with van der Waals surface area (Å²) in [6.07, 6.45) is 4.31. The molecule has 2 aromatic rings. The van der Waals surface area contributed by atoms with Gasteiger partial charge in [-0.1, -0.05) is 5.16 Å². The predicted octanol–water partition coefficient (Wildman–Crippen LogP) is 3.00. The third kappa shape index (κ3) is 6.80. The Morgan fingerprint density at radius 2 is 2.18 bits per heavy atom. The highest BCUT2D eigenvalue weighted by Gasteiger charge is 2.14. The number of nitrogens with one attached hydrogen (secondary N) is 2. The minimum Gasteiger partial charge on any atom is -0.494 e. The molecular weight excluding hydrogens is 380 g/mol. The lowest BCUT2D eigenvalue weighted by Gasteiger charge is -2.22. The van der Waals surface area contributed by atoms with Crippen LogP contribution in [-0.2, 0) is 11.2 Å². The Morgan fingerprint density at radius 3 is 2.89 bits per heavy atom. The molecule has 28 heavy (non-hydrogen) atoms. The molecule has 1 aliphatic heterocycles. The number of aryl methyl sites for hydroxylation is 1. The summed E-state index contributed by atoms with van der Waals surface area (Å²) in [6.45, 7) is 5.48. The van der Waals surface area contributed by atoms with Crippen LogP contribution >= 0.6 is 12.4 Å². The number of ether oxygens (including phenoxy) is 1. The average Bonchev–Trinajstić information content (AvgIpc) is 3.17. The maximum atomic E-state index is 12.0. The van der Waals surface area contributed by atoms with Crippen molar-refractivity contribution >= 4 is 18.3 Å². The monoisotopic (exact) mass is 408 g/mol. The Hall–Kier alpha value is -2.12. The Bertz CT molecular complexity index is 714. The molecule has 1 saturated heterocycles. The summed E-state index contributed by atoms with van der Waals surface area (Å²) in [5.41, 5.74) is 0.860. The normalized spacial score (nSPS) is 16.2. The minimum absolute atomic E-state index is 0. The molecule has 1 fully saturated rings. The van der Waals surface area contributed by atoms with Crippen molar-refractivity contribution in [2.24, 2.45) is 5.92 Å². The van der Waals surface area contributed by atoms with Crippen LogP contribution in [0.25, 0.3) is 11.4 Å². The Labute approximate surface area is 172 Å². The molecule has 8 heteroatoms. The SMILES string of the molecule is CCOc1ccc(-c2noc(CCC(=O)NCCC3CCCNC3)n2)cc1.Cl. The van der Waals surface area contributed by atoms with Gasteiger partial charge in [-0.05, 0) is 69.5 Å². The van der Waals surface area contributed by atoms with Crippen LogP contribution in [0.3, 0.4) is 0 Å². The van der Waals surface area contributed by atoms with E-state index in [0.717, 1.165) is 37.4 Å². The highest BCUT2D eigenvalue weighted by atomic mass is 35.5. The van der Waals surface area contributed by atoms with Crippen molar-refractivity contribution in [2.45, 2.75) is 39.0 Å². The van der Waals surface area contributed by atoms with Crippen LogP contribution in [0.2, 0.25) is 0 Å². The number of aromatic nitrogens is 2. The van der Waals surface area contributed by atoms with E-state index in [1.165, 1.54) is 12.8 Å². The third-order valence-electron chi connectivity index (χ3n) is 4.73. The third-order valence-corrected chi connectivity index (χ3v) is 4.73. The summed E-state index contributed by atoms with van der Waals surface area (Å²) in [5, 5.41) is 10.4. The fraction of sp³-hybridized carbons (Fsp3) is 0.550. The average molecular weight is 409 g/mol. The molecule has 1 unspecified atom stereocenters. The molecule has 0 aliphatic carbocycles. The predicted molar refractivity (Wildman–Crippen MR) is 110 cm³/mol. The molecule has 2 heterocycles. The first kappa shape index (κ1) is 22.2. The van der Waals surface area contributed by atoms with Gasteiger partial charge in [-0.2, -0.15) is 4.98 Å². The number of halogens is 1. The molecule has 1 amide bonds. The van der Waals surface area contributed by atoms with Gasteiger partial charge < -0.3 is 19.9 Å². The van der Waals surface area contributed by atoms with Crippen molar-refractivity contribution in [3.63, 3.8) is 0 Å². The van der Waals surface area contributed by atoms with Gasteiger partial charge in [0.1, 0.15) is 5.75 Å². The number of carbonyl (C=O) groups excluding carboxylic acids is 1. The first-order chi connectivity index (χ1) is 13.2. The van der Waals surface area contributed by atoms with Gasteiger partial charge in [0.15, 0.2) is 0 Å². The molecule has 0 saturated carbocycles. The Kier molecular flexibility index (Phi) is 9.23. The summed E-state index contributed by atoms with van der Waals surface area (Å²) in [4.78, 5) is 16.4. The van der Waals surface area contributed by atoms with Gasteiger partial charge in [0.2, 0.25) is 17.6 Å². The molecular formula is C20H29ClN4O3. The van der Waals surface area contributed by atoms with Crippen molar-refractivity contribution in [3.05, 3.63) is 30.2 Å². The lowest BCUT2D eigenvalue weighted by Crippen LogP contribution is -2.33. The molecule has 1 aromatic carbocycles. The van der Waals surface area contributed by atoms with E-state index in [4.69, 9.17) is 9.26 Å². The van der Waals surface area contributed by atoms with Crippen molar-refractivity contribution in [1.29, 1.82) is 0 Å².